The number of sulfonamides is 1. The molecule has 1 aromatic rings. The SMILES string of the molecule is Cc1ccc(S(=O)(=O)N2C[C@@H](C)[C@H]3CC=CC(=O)[C@H]32)cc1. The van der Waals surface area contributed by atoms with Crippen LogP contribution in [0.4, 0.5) is 0 Å². The molecular formula is C16H19NO3S. The number of carbonyl (C=O) groups excluding carboxylic acids is 1. The highest BCUT2D eigenvalue weighted by molar-refractivity contribution is 7.89. The van der Waals surface area contributed by atoms with Crippen LogP contribution in [0.25, 0.3) is 0 Å². The maximum Gasteiger partial charge on any atom is 0.243 e. The molecule has 0 unspecified atom stereocenters. The fourth-order valence-corrected chi connectivity index (χ4v) is 5.05. The molecule has 1 aliphatic carbocycles. The first-order chi connectivity index (χ1) is 9.91. The van der Waals surface area contributed by atoms with Crippen molar-refractivity contribution in [1.82, 2.24) is 4.31 Å². The number of aryl methyl sites for hydroxylation is 1. The van der Waals surface area contributed by atoms with Crippen molar-refractivity contribution >= 4 is 15.8 Å². The molecule has 1 aliphatic heterocycles. The molecule has 21 heavy (non-hydrogen) atoms. The summed E-state index contributed by atoms with van der Waals surface area (Å²) < 4.78 is 27.1. The highest BCUT2D eigenvalue weighted by Crippen LogP contribution is 2.38. The van der Waals surface area contributed by atoms with E-state index in [-0.39, 0.29) is 22.5 Å². The zero-order chi connectivity index (χ0) is 15.2. The minimum absolute atomic E-state index is 0.0914. The summed E-state index contributed by atoms with van der Waals surface area (Å²) in [6.45, 7) is 4.35. The number of rotatable bonds is 2. The van der Waals surface area contributed by atoms with Crippen LogP contribution in [0.1, 0.15) is 18.9 Å². The fourth-order valence-electron chi connectivity index (χ4n) is 3.30. The van der Waals surface area contributed by atoms with Crippen LogP contribution in [-0.4, -0.2) is 31.1 Å². The maximum absolute atomic E-state index is 12.8. The van der Waals surface area contributed by atoms with Crippen molar-refractivity contribution in [3.8, 4) is 0 Å². The summed E-state index contributed by atoms with van der Waals surface area (Å²) in [5.41, 5.74) is 1.01. The molecule has 1 fully saturated rings. The molecule has 1 heterocycles. The van der Waals surface area contributed by atoms with Crippen LogP contribution in [0, 0.1) is 18.8 Å². The number of nitrogens with zero attached hydrogens (tertiary/aromatic N) is 1. The van der Waals surface area contributed by atoms with Gasteiger partial charge in [0.1, 0.15) is 0 Å². The smallest absolute Gasteiger partial charge is 0.243 e. The first-order valence-electron chi connectivity index (χ1n) is 7.20. The van der Waals surface area contributed by atoms with Crippen LogP contribution in [0.5, 0.6) is 0 Å². The van der Waals surface area contributed by atoms with E-state index in [1.165, 1.54) is 10.4 Å². The van der Waals surface area contributed by atoms with E-state index in [1.54, 1.807) is 24.3 Å². The lowest BCUT2D eigenvalue weighted by molar-refractivity contribution is -0.119. The average Bonchev–Trinajstić information content (AvgIpc) is 2.79. The largest absolute Gasteiger partial charge is 0.293 e. The Bertz CT molecular complexity index is 691. The molecule has 2 aliphatic rings. The predicted octanol–water partition coefficient (Wildman–Crippen LogP) is 2.15. The molecule has 3 rings (SSSR count). The molecule has 4 nitrogen and oxygen atoms in total. The van der Waals surface area contributed by atoms with Gasteiger partial charge in [0.05, 0.1) is 10.9 Å². The van der Waals surface area contributed by atoms with E-state index in [0.29, 0.717) is 6.54 Å². The summed E-state index contributed by atoms with van der Waals surface area (Å²) in [5.74, 6) is 0.207. The number of allylic oxidation sites excluding steroid dienone is 1. The number of benzene rings is 1. The minimum Gasteiger partial charge on any atom is -0.293 e. The van der Waals surface area contributed by atoms with Crippen LogP contribution in [0.3, 0.4) is 0 Å². The third-order valence-electron chi connectivity index (χ3n) is 4.52. The van der Waals surface area contributed by atoms with Gasteiger partial charge in [-0.3, -0.25) is 4.79 Å². The lowest BCUT2D eigenvalue weighted by Crippen LogP contribution is -2.43. The molecule has 0 saturated carbocycles. The molecule has 5 heteroatoms. The molecule has 0 bridgehead atoms. The molecule has 0 spiro atoms. The monoisotopic (exact) mass is 305 g/mol. The summed E-state index contributed by atoms with van der Waals surface area (Å²) in [6, 6.07) is 6.27. The van der Waals surface area contributed by atoms with Crippen LogP contribution >= 0.6 is 0 Å². The Labute approximate surface area is 125 Å². The van der Waals surface area contributed by atoms with E-state index in [0.717, 1.165) is 12.0 Å². The van der Waals surface area contributed by atoms with E-state index in [1.807, 2.05) is 19.9 Å². The standard InChI is InChI=1S/C16H19NO3S/c1-11-6-8-13(9-7-11)21(19,20)17-10-12(2)14-4-3-5-15(18)16(14)17/h3,5-9,12,14,16H,4,10H2,1-2H3/t12-,14-,16+/m1/s1. The Balaban J connectivity index is 2.01. The third kappa shape index (κ3) is 2.34. The zero-order valence-electron chi connectivity index (χ0n) is 12.2. The number of carbonyl (C=O) groups is 1. The van der Waals surface area contributed by atoms with Gasteiger partial charge < -0.3 is 0 Å². The van der Waals surface area contributed by atoms with E-state index in [9.17, 15) is 13.2 Å². The zero-order valence-corrected chi connectivity index (χ0v) is 13.0. The summed E-state index contributed by atoms with van der Waals surface area (Å²) in [4.78, 5) is 12.4. The molecule has 3 atom stereocenters. The van der Waals surface area contributed by atoms with Crippen molar-refractivity contribution < 1.29 is 13.2 Å². The molecular weight excluding hydrogens is 286 g/mol. The van der Waals surface area contributed by atoms with E-state index in [4.69, 9.17) is 0 Å². The highest BCUT2D eigenvalue weighted by atomic mass is 32.2. The van der Waals surface area contributed by atoms with Crippen molar-refractivity contribution in [3.63, 3.8) is 0 Å². The summed E-state index contributed by atoms with van der Waals surface area (Å²) >= 11 is 0. The highest BCUT2D eigenvalue weighted by Gasteiger charge is 2.48. The third-order valence-corrected chi connectivity index (χ3v) is 6.39. The van der Waals surface area contributed by atoms with Crippen LogP contribution in [0.15, 0.2) is 41.3 Å². The Kier molecular flexibility index (Phi) is 3.50. The van der Waals surface area contributed by atoms with E-state index >= 15 is 0 Å². The Hall–Kier alpha value is -1.46. The normalized spacial score (nSPS) is 29.6. The van der Waals surface area contributed by atoms with Gasteiger partial charge in [-0.1, -0.05) is 30.7 Å². The second-order valence-electron chi connectivity index (χ2n) is 6.01. The number of fused-ring (bicyclic) bond motifs is 1. The van der Waals surface area contributed by atoms with Gasteiger partial charge in [-0.15, -0.1) is 0 Å². The number of ketones is 1. The second kappa shape index (κ2) is 5.07. The molecule has 0 amide bonds. The molecule has 112 valence electrons. The summed E-state index contributed by atoms with van der Waals surface area (Å²) in [5, 5.41) is 0. The predicted molar refractivity (Wildman–Crippen MR) is 80.3 cm³/mol. The number of hydrogen-bond acceptors (Lipinski definition) is 3. The molecule has 0 aromatic heterocycles. The topological polar surface area (TPSA) is 54.5 Å². The van der Waals surface area contributed by atoms with Crippen molar-refractivity contribution in [1.29, 1.82) is 0 Å². The molecule has 0 N–H and O–H groups in total. The van der Waals surface area contributed by atoms with Crippen LogP contribution < -0.4 is 0 Å². The van der Waals surface area contributed by atoms with Crippen LogP contribution in [-0.2, 0) is 14.8 Å². The van der Waals surface area contributed by atoms with Gasteiger partial charge in [-0.2, -0.15) is 4.31 Å². The Morgan fingerprint density at radius 3 is 2.52 bits per heavy atom. The van der Waals surface area contributed by atoms with Crippen molar-refractivity contribution in [2.24, 2.45) is 11.8 Å². The van der Waals surface area contributed by atoms with Gasteiger partial charge in [0, 0.05) is 6.54 Å². The van der Waals surface area contributed by atoms with Crippen molar-refractivity contribution in [2.75, 3.05) is 6.54 Å². The molecule has 1 saturated heterocycles. The Morgan fingerprint density at radius 2 is 1.86 bits per heavy atom. The quantitative estimate of drug-likeness (QED) is 0.841. The van der Waals surface area contributed by atoms with E-state index < -0.39 is 16.1 Å². The molecule has 1 aromatic carbocycles. The van der Waals surface area contributed by atoms with Gasteiger partial charge in [0.2, 0.25) is 10.0 Å². The minimum atomic E-state index is -3.61. The van der Waals surface area contributed by atoms with Gasteiger partial charge in [0.25, 0.3) is 0 Å². The van der Waals surface area contributed by atoms with Gasteiger partial charge in [-0.25, -0.2) is 8.42 Å². The summed E-state index contributed by atoms with van der Waals surface area (Å²) in [7, 11) is -3.61. The van der Waals surface area contributed by atoms with Crippen molar-refractivity contribution in [3.05, 3.63) is 42.0 Å². The number of hydrogen-bond donors (Lipinski definition) is 0. The Morgan fingerprint density at radius 1 is 1.19 bits per heavy atom. The van der Waals surface area contributed by atoms with Gasteiger partial charge in [-0.05, 0) is 43.4 Å². The lowest BCUT2D eigenvalue weighted by Gasteiger charge is -2.27. The first-order valence-corrected chi connectivity index (χ1v) is 8.64. The average molecular weight is 305 g/mol. The summed E-state index contributed by atoms with van der Waals surface area (Å²) in [6.07, 6.45) is 4.16. The van der Waals surface area contributed by atoms with Gasteiger partial charge >= 0.3 is 0 Å². The second-order valence-corrected chi connectivity index (χ2v) is 7.90. The van der Waals surface area contributed by atoms with Gasteiger partial charge in [0.15, 0.2) is 5.78 Å². The van der Waals surface area contributed by atoms with Crippen LogP contribution in [0.2, 0.25) is 0 Å². The van der Waals surface area contributed by atoms with E-state index in [2.05, 4.69) is 0 Å². The lowest BCUT2D eigenvalue weighted by atomic mass is 9.84. The fraction of sp³-hybridized carbons (Fsp3) is 0.438. The molecule has 0 radical (unpaired) electrons. The first kappa shape index (κ1) is 14.5. The maximum atomic E-state index is 12.8. The van der Waals surface area contributed by atoms with Crippen molar-refractivity contribution in [2.45, 2.75) is 31.2 Å².